The number of hydrogen-bond donors (Lipinski definition) is 2. The van der Waals surface area contributed by atoms with Crippen molar-refractivity contribution < 1.29 is 42.3 Å². The molecule has 236 valence electrons. The van der Waals surface area contributed by atoms with Crippen LogP contribution in [0.15, 0.2) is 22.1 Å². The van der Waals surface area contributed by atoms with Gasteiger partial charge in [0.1, 0.15) is 13.2 Å². The smallest absolute Gasteiger partial charge is 0.338 e. The molecule has 43 heavy (non-hydrogen) atoms. The van der Waals surface area contributed by atoms with E-state index in [0.29, 0.717) is 11.4 Å². The van der Waals surface area contributed by atoms with Gasteiger partial charge in [0.05, 0.1) is 28.4 Å². The van der Waals surface area contributed by atoms with Crippen molar-refractivity contribution in [2.45, 2.75) is 55.4 Å². The number of ether oxygens (including phenoxy) is 2. The molecule has 2 aliphatic heterocycles. The number of aryl methyl sites for hydroxylation is 2. The van der Waals surface area contributed by atoms with Crippen LogP contribution in [-0.4, -0.2) is 74.8 Å². The third-order valence-electron chi connectivity index (χ3n) is 6.38. The van der Waals surface area contributed by atoms with E-state index in [2.05, 4.69) is 20.6 Å². The molecule has 0 radical (unpaired) electrons. The Morgan fingerprint density at radius 3 is 2.09 bits per heavy atom. The van der Waals surface area contributed by atoms with E-state index in [-0.39, 0.29) is 37.5 Å². The Morgan fingerprint density at radius 1 is 0.977 bits per heavy atom. The SMILES string of the molecule is Cc1cc2c(cc1C)N(CC(=O)NCCP(=O)(OCOC(=O)C(C)(C)C)OCOC(=O)C(C)(C)C)C1=NCNC(=O)C1=N2. The molecule has 2 N–H and O–H groups in total. The third-order valence-corrected chi connectivity index (χ3v) is 8.15. The van der Waals surface area contributed by atoms with Crippen molar-refractivity contribution in [2.24, 2.45) is 20.8 Å². The summed E-state index contributed by atoms with van der Waals surface area (Å²) in [4.78, 5) is 60.2. The monoisotopic (exact) mass is 621 g/mol. The number of benzene rings is 1. The van der Waals surface area contributed by atoms with Gasteiger partial charge in [-0.05, 0) is 78.6 Å². The summed E-state index contributed by atoms with van der Waals surface area (Å²) in [6.45, 7) is 12.1. The second kappa shape index (κ2) is 13.4. The summed E-state index contributed by atoms with van der Waals surface area (Å²) in [6.07, 6.45) is -0.316. The first-order valence-corrected chi connectivity index (χ1v) is 15.4. The molecular weight excluding hydrogens is 581 g/mol. The molecule has 0 aromatic heterocycles. The highest BCUT2D eigenvalue weighted by Crippen LogP contribution is 2.47. The highest BCUT2D eigenvalue weighted by atomic mass is 31.2. The average Bonchev–Trinajstić information content (AvgIpc) is 2.89. The predicted molar refractivity (Wildman–Crippen MR) is 159 cm³/mol. The van der Waals surface area contributed by atoms with Crippen LogP contribution < -0.4 is 15.5 Å². The first kappa shape index (κ1) is 33.9. The van der Waals surface area contributed by atoms with Gasteiger partial charge in [-0.1, -0.05) is 0 Å². The standard InChI is InChI=1S/C28H40N5O9P/c1-17-11-19-20(12-18(17)2)33(23-22(32-19)24(35)31-14-30-23)13-21(34)29-9-10-43(38,41-15-39-25(36)27(3,4)5)42-16-40-26(37)28(6,7)8/h11-12H,9-10,13-16H2,1-8H3,(H,29,34)(H,31,35). The van der Waals surface area contributed by atoms with Gasteiger partial charge in [0.15, 0.2) is 11.5 Å². The van der Waals surface area contributed by atoms with Crippen molar-refractivity contribution >= 4 is 54.3 Å². The Bertz CT molecular complexity index is 1360. The molecule has 15 heteroatoms. The van der Waals surface area contributed by atoms with Crippen LogP contribution >= 0.6 is 7.60 Å². The van der Waals surface area contributed by atoms with Crippen LogP contribution in [0.5, 0.6) is 0 Å². The Morgan fingerprint density at radius 2 is 1.53 bits per heavy atom. The number of esters is 2. The zero-order valence-corrected chi connectivity index (χ0v) is 26.8. The largest absolute Gasteiger partial charge is 0.438 e. The number of amidine groups is 1. The van der Waals surface area contributed by atoms with Crippen molar-refractivity contribution in [3.8, 4) is 0 Å². The Kier molecular flexibility index (Phi) is 10.5. The van der Waals surface area contributed by atoms with E-state index in [1.807, 2.05) is 26.0 Å². The summed E-state index contributed by atoms with van der Waals surface area (Å²) in [5, 5.41) is 5.29. The fraction of sp³-hybridized carbons (Fsp3) is 0.571. The molecule has 0 fully saturated rings. The van der Waals surface area contributed by atoms with Gasteiger partial charge >= 0.3 is 19.5 Å². The quantitative estimate of drug-likeness (QED) is 0.212. The molecule has 2 aliphatic rings. The minimum atomic E-state index is -4.01. The van der Waals surface area contributed by atoms with E-state index in [1.54, 1.807) is 46.4 Å². The zero-order chi connectivity index (χ0) is 32.2. The van der Waals surface area contributed by atoms with E-state index in [9.17, 15) is 23.7 Å². The summed E-state index contributed by atoms with van der Waals surface area (Å²) in [5.41, 5.74) is 1.57. The number of carbonyl (C=O) groups excluding carboxylic acids is 4. The number of fused-ring (bicyclic) bond motifs is 2. The second-order valence-electron chi connectivity index (χ2n) is 12.2. The first-order valence-electron chi connectivity index (χ1n) is 13.7. The van der Waals surface area contributed by atoms with Crippen LogP contribution in [0.1, 0.15) is 52.7 Å². The summed E-state index contributed by atoms with van der Waals surface area (Å²) in [7, 11) is -4.01. The average molecular weight is 622 g/mol. The maximum absolute atomic E-state index is 13.4. The molecule has 14 nitrogen and oxygen atoms in total. The lowest BCUT2D eigenvalue weighted by Crippen LogP contribution is -2.52. The molecule has 2 amide bonds. The van der Waals surface area contributed by atoms with Gasteiger partial charge < -0.3 is 25.0 Å². The van der Waals surface area contributed by atoms with Crippen LogP contribution in [-0.2, 0) is 42.3 Å². The molecule has 0 aliphatic carbocycles. The lowest BCUT2D eigenvalue weighted by molar-refractivity contribution is -0.162. The fourth-order valence-electron chi connectivity index (χ4n) is 3.70. The first-order chi connectivity index (χ1) is 19.9. The van der Waals surface area contributed by atoms with E-state index < -0.39 is 55.8 Å². The Hall–Kier alpha value is -3.61. The van der Waals surface area contributed by atoms with E-state index in [0.717, 1.165) is 11.1 Å². The number of anilines is 1. The molecule has 1 aromatic rings. The van der Waals surface area contributed by atoms with E-state index >= 15 is 0 Å². The fourth-order valence-corrected chi connectivity index (χ4v) is 4.84. The minimum Gasteiger partial charge on any atom is -0.438 e. The van der Waals surface area contributed by atoms with Gasteiger partial charge in [0, 0.05) is 6.54 Å². The maximum Gasteiger partial charge on any atom is 0.338 e. The lowest BCUT2D eigenvalue weighted by Gasteiger charge is -2.33. The molecular formula is C28H40N5O9P. The van der Waals surface area contributed by atoms with Crippen molar-refractivity contribution in [3.63, 3.8) is 0 Å². The van der Waals surface area contributed by atoms with Gasteiger partial charge in [-0.3, -0.25) is 32.8 Å². The molecule has 3 rings (SSSR count). The number of aliphatic imine (C=N–C) groups is 2. The number of nitrogens with zero attached hydrogens (tertiary/aromatic N) is 3. The second-order valence-corrected chi connectivity index (χ2v) is 14.3. The summed E-state index contributed by atoms with van der Waals surface area (Å²) >= 11 is 0. The predicted octanol–water partition coefficient (Wildman–Crippen LogP) is 3.12. The molecule has 1 aromatic carbocycles. The van der Waals surface area contributed by atoms with E-state index in [4.69, 9.17) is 18.5 Å². The topological polar surface area (TPSA) is 174 Å². The van der Waals surface area contributed by atoms with Crippen molar-refractivity contribution in [1.82, 2.24) is 10.6 Å². The summed E-state index contributed by atoms with van der Waals surface area (Å²) in [5.74, 6) is -1.76. The van der Waals surface area contributed by atoms with Crippen LogP contribution in [0.4, 0.5) is 11.4 Å². The number of nitrogens with one attached hydrogen (secondary N) is 2. The number of rotatable bonds is 11. The molecule has 0 unspecified atom stereocenters. The summed E-state index contributed by atoms with van der Waals surface area (Å²) in [6, 6.07) is 3.71. The van der Waals surface area contributed by atoms with Crippen molar-refractivity contribution in [1.29, 1.82) is 0 Å². The number of amides is 2. The molecule has 0 saturated heterocycles. The molecule has 2 heterocycles. The maximum atomic E-state index is 13.4. The van der Waals surface area contributed by atoms with Gasteiger partial charge in [0.25, 0.3) is 5.91 Å². The third kappa shape index (κ3) is 8.94. The van der Waals surface area contributed by atoms with Gasteiger partial charge in [-0.2, -0.15) is 0 Å². The van der Waals surface area contributed by atoms with Gasteiger partial charge in [0.2, 0.25) is 19.5 Å². The van der Waals surface area contributed by atoms with Crippen LogP contribution in [0, 0.1) is 24.7 Å². The molecule has 0 atom stereocenters. The van der Waals surface area contributed by atoms with Gasteiger partial charge in [-0.15, -0.1) is 0 Å². The minimum absolute atomic E-state index is 0.0446. The van der Waals surface area contributed by atoms with Crippen LogP contribution in [0.25, 0.3) is 0 Å². The molecule has 0 saturated carbocycles. The summed E-state index contributed by atoms with van der Waals surface area (Å²) < 4.78 is 34.1. The van der Waals surface area contributed by atoms with Gasteiger partial charge in [-0.25, -0.2) is 9.98 Å². The number of hydrogen-bond acceptors (Lipinski definition) is 12. The molecule has 0 spiro atoms. The van der Waals surface area contributed by atoms with Crippen LogP contribution in [0.3, 0.4) is 0 Å². The Labute approximate surface area is 251 Å². The highest BCUT2D eigenvalue weighted by molar-refractivity contribution is 7.53. The Balaban J connectivity index is 1.68. The normalized spacial score (nSPS) is 15.0. The zero-order valence-electron chi connectivity index (χ0n) is 25.9. The van der Waals surface area contributed by atoms with Crippen LogP contribution in [0.2, 0.25) is 0 Å². The number of carbonyl (C=O) groups is 4. The van der Waals surface area contributed by atoms with Crippen molar-refractivity contribution in [2.75, 3.05) is 44.4 Å². The van der Waals surface area contributed by atoms with Crippen molar-refractivity contribution in [3.05, 3.63) is 23.3 Å². The molecule has 0 bridgehead atoms. The lowest BCUT2D eigenvalue weighted by atomic mass is 9.98. The highest BCUT2D eigenvalue weighted by Gasteiger charge is 2.35. The van der Waals surface area contributed by atoms with E-state index in [1.165, 1.54) is 0 Å².